The van der Waals surface area contributed by atoms with Gasteiger partial charge in [-0.3, -0.25) is 4.79 Å². The zero-order chi connectivity index (χ0) is 26.2. The summed E-state index contributed by atoms with van der Waals surface area (Å²) in [4.78, 5) is 24.8. The minimum Gasteiger partial charge on any atom is -0.452 e. The highest BCUT2D eigenvalue weighted by Gasteiger charge is 2.12. The summed E-state index contributed by atoms with van der Waals surface area (Å²) in [6.45, 7) is 1.51. The number of nitrogens with one attached hydrogen (secondary N) is 1. The van der Waals surface area contributed by atoms with Crippen LogP contribution in [0, 0.1) is 6.92 Å². The molecule has 0 aliphatic rings. The lowest BCUT2D eigenvalue weighted by Gasteiger charge is -2.06. The molecule has 0 aliphatic carbocycles. The summed E-state index contributed by atoms with van der Waals surface area (Å²) in [5.41, 5.74) is 4.69. The third kappa shape index (κ3) is 7.37. The van der Waals surface area contributed by atoms with E-state index >= 15 is 0 Å². The van der Waals surface area contributed by atoms with E-state index in [4.69, 9.17) is 9.84 Å². The van der Waals surface area contributed by atoms with Crippen molar-refractivity contribution in [3.63, 3.8) is 0 Å². The molecule has 9 heteroatoms. The molecule has 6 nitrogen and oxygen atoms in total. The van der Waals surface area contributed by atoms with E-state index in [1.54, 1.807) is 10.8 Å². The van der Waals surface area contributed by atoms with Crippen molar-refractivity contribution in [2.45, 2.75) is 17.6 Å². The maximum atomic E-state index is 12.4. The van der Waals surface area contributed by atoms with Crippen molar-refractivity contribution in [2.24, 2.45) is 0 Å². The molecule has 0 aliphatic heterocycles. The van der Waals surface area contributed by atoms with E-state index in [-0.39, 0.29) is 0 Å². The molecule has 4 rings (SSSR count). The van der Waals surface area contributed by atoms with Crippen LogP contribution in [0.1, 0.15) is 11.1 Å². The van der Waals surface area contributed by atoms with Gasteiger partial charge in [0.05, 0.1) is 11.4 Å². The minimum atomic E-state index is -2.52. The number of nitrogens with zero attached hydrogens (tertiary/aromatic N) is 2. The third-order valence-corrected chi connectivity index (χ3v) is 5.92. The molecule has 0 atom stereocenters. The average molecular weight is 520 g/mol. The van der Waals surface area contributed by atoms with Crippen molar-refractivity contribution in [1.82, 2.24) is 9.78 Å². The highest BCUT2D eigenvalue weighted by atomic mass is 32.2. The first-order valence-corrected chi connectivity index (χ1v) is 12.2. The van der Waals surface area contributed by atoms with Crippen molar-refractivity contribution in [3.8, 4) is 16.9 Å². The van der Waals surface area contributed by atoms with Crippen LogP contribution in [0.3, 0.4) is 0 Å². The molecule has 37 heavy (non-hydrogen) atoms. The first kappa shape index (κ1) is 25.8. The Balaban J connectivity index is 1.41. The molecule has 0 unspecified atom stereocenters. The standard InChI is InChI=1S/C28H23F2N3O3S/c1-19-7-9-20(10-8-19)27-21(17-33(32-27)23-5-3-2-4-6-23)11-16-26(35)36-18-25(34)31-22-12-14-24(15-13-22)37-28(29)30/h2-17,28H,18H2,1H3,(H,31,34). The van der Waals surface area contributed by atoms with Gasteiger partial charge in [-0.2, -0.15) is 13.9 Å². The summed E-state index contributed by atoms with van der Waals surface area (Å²) in [5, 5.41) is 7.27. The predicted molar refractivity (Wildman–Crippen MR) is 141 cm³/mol. The summed E-state index contributed by atoms with van der Waals surface area (Å²) in [6.07, 6.45) is 4.66. The number of carbonyl (C=O) groups is 2. The van der Waals surface area contributed by atoms with Gasteiger partial charge in [-0.15, -0.1) is 0 Å². The summed E-state index contributed by atoms with van der Waals surface area (Å²) in [5.74, 6) is -3.76. The number of alkyl halides is 2. The maximum Gasteiger partial charge on any atom is 0.331 e. The van der Waals surface area contributed by atoms with Gasteiger partial charge in [0.15, 0.2) is 6.61 Å². The van der Waals surface area contributed by atoms with Gasteiger partial charge in [0.2, 0.25) is 0 Å². The third-order valence-electron chi connectivity index (χ3n) is 5.20. The van der Waals surface area contributed by atoms with E-state index in [1.165, 1.54) is 30.3 Å². The fourth-order valence-electron chi connectivity index (χ4n) is 3.42. The van der Waals surface area contributed by atoms with E-state index < -0.39 is 24.2 Å². The fraction of sp³-hybridized carbons (Fsp3) is 0.107. The molecule has 4 aromatic rings. The highest BCUT2D eigenvalue weighted by molar-refractivity contribution is 7.99. The number of anilines is 1. The first-order chi connectivity index (χ1) is 17.9. The molecule has 0 fully saturated rings. The Labute approximate surface area is 217 Å². The Morgan fingerprint density at radius 1 is 1.03 bits per heavy atom. The highest BCUT2D eigenvalue weighted by Crippen LogP contribution is 2.27. The van der Waals surface area contributed by atoms with Crippen LogP contribution in [-0.2, 0) is 14.3 Å². The number of para-hydroxylation sites is 1. The maximum absolute atomic E-state index is 12.4. The molecule has 1 N–H and O–H groups in total. The summed E-state index contributed by atoms with van der Waals surface area (Å²) in [6, 6.07) is 23.5. The van der Waals surface area contributed by atoms with Crippen LogP contribution in [0.2, 0.25) is 0 Å². The molecule has 1 heterocycles. The van der Waals surface area contributed by atoms with Gasteiger partial charge in [-0.05, 0) is 49.4 Å². The number of rotatable bonds is 9. The van der Waals surface area contributed by atoms with Gasteiger partial charge >= 0.3 is 5.97 Å². The number of amides is 1. The summed E-state index contributed by atoms with van der Waals surface area (Å²) in [7, 11) is 0. The molecule has 1 aromatic heterocycles. The van der Waals surface area contributed by atoms with Crippen molar-refractivity contribution in [1.29, 1.82) is 0 Å². The zero-order valence-corrected chi connectivity index (χ0v) is 20.6. The van der Waals surface area contributed by atoms with Crippen molar-refractivity contribution in [3.05, 3.63) is 102 Å². The van der Waals surface area contributed by atoms with E-state index in [0.717, 1.165) is 16.8 Å². The molecular weight excluding hydrogens is 496 g/mol. The Morgan fingerprint density at radius 3 is 2.41 bits per heavy atom. The first-order valence-electron chi connectivity index (χ1n) is 11.3. The molecule has 188 valence electrons. The number of aryl methyl sites for hydroxylation is 1. The minimum absolute atomic E-state index is 0.380. The lowest BCUT2D eigenvalue weighted by molar-refractivity contribution is -0.142. The van der Waals surface area contributed by atoms with E-state index in [0.29, 0.717) is 33.6 Å². The van der Waals surface area contributed by atoms with Crippen LogP contribution in [-0.4, -0.2) is 34.0 Å². The van der Waals surface area contributed by atoms with E-state index in [1.807, 2.05) is 67.7 Å². The van der Waals surface area contributed by atoms with Crippen LogP contribution in [0.4, 0.5) is 14.5 Å². The number of hydrogen-bond acceptors (Lipinski definition) is 5. The van der Waals surface area contributed by atoms with Gasteiger partial charge in [0.1, 0.15) is 0 Å². The van der Waals surface area contributed by atoms with Crippen LogP contribution in [0.5, 0.6) is 0 Å². The zero-order valence-electron chi connectivity index (χ0n) is 19.8. The smallest absolute Gasteiger partial charge is 0.331 e. The normalized spacial score (nSPS) is 11.1. The topological polar surface area (TPSA) is 73.2 Å². The Morgan fingerprint density at radius 2 is 1.73 bits per heavy atom. The summed E-state index contributed by atoms with van der Waals surface area (Å²) < 4.78 is 31.6. The largest absolute Gasteiger partial charge is 0.452 e. The lowest BCUT2D eigenvalue weighted by atomic mass is 10.1. The molecular formula is C28H23F2N3O3S. The van der Waals surface area contributed by atoms with Crippen LogP contribution in [0.15, 0.2) is 96.0 Å². The monoisotopic (exact) mass is 519 g/mol. The predicted octanol–water partition coefficient (Wildman–Crippen LogP) is 6.36. The van der Waals surface area contributed by atoms with Crippen molar-refractivity contribution in [2.75, 3.05) is 11.9 Å². The van der Waals surface area contributed by atoms with Gasteiger partial charge in [0.25, 0.3) is 11.7 Å². The second-order valence-corrected chi connectivity index (χ2v) is 9.03. The number of halogens is 2. The second-order valence-electron chi connectivity index (χ2n) is 7.97. The van der Waals surface area contributed by atoms with Crippen LogP contribution in [0.25, 0.3) is 23.0 Å². The molecule has 3 aromatic carbocycles. The second kappa shape index (κ2) is 12.1. The number of thioether (sulfide) groups is 1. The molecule has 0 radical (unpaired) electrons. The van der Waals surface area contributed by atoms with Gasteiger partial charge < -0.3 is 10.1 Å². The quantitative estimate of drug-likeness (QED) is 0.158. The molecule has 0 bridgehead atoms. The Bertz CT molecular complexity index is 1390. The molecule has 0 saturated carbocycles. The molecule has 1 amide bonds. The van der Waals surface area contributed by atoms with Gasteiger partial charge in [-0.25, -0.2) is 9.48 Å². The SMILES string of the molecule is Cc1ccc(-c2nn(-c3ccccc3)cc2C=CC(=O)OCC(=O)Nc2ccc(SC(F)F)cc2)cc1. The van der Waals surface area contributed by atoms with Gasteiger partial charge in [0, 0.05) is 34.0 Å². The molecule has 0 spiro atoms. The fourth-order valence-corrected chi connectivity index (χ4v) is 3.92. The number of ether oxygens (including phenoxy) is 1. The number of carbonyl (C=O) groups excluding carboxylic acids is 2. The van der Waals surface area contributed by atoms with E-state index in [9.17, 15) is 18.4 Å². The Kier molecular flexibility index (Phi) is 8.48. The Hall–Kier alpha value is -4.24. The average Bonchev–Trinajstić information content (AvgIpc) is 3.32. The number of aromatic nitrogens is 2. The summed E-state index contributed by atoms with van der Waals surface area (Å²) >= 11 is 0.415. The molecule has 0 saturated heterocycles. The van der Waals surface area contributed by atoms with Crippen molar-refractivity contribution < 1.29 is 23.1 Å². The number of esters is 1. The van der Waals surface area contributed by atoms with Crippen molar-refractivity contribution >= 4 is 35.4 Å². The van der Waals surface area contributed by atoms with Crippen LogP contribution < -0.4 is 5.32 Å². The van der Waals surface area contributed by atoms with Crippen LogP contribution >= 0.6 is 11.8 Å². The number of hydrogen-bond donors (Lipinski definition) is 1. The van der Waals surface area contributed by atoms with E-state index in [2.05, 4.69) is 5.32 Å². The van der Waals surface area contributed by atoms with Gasteiger partial charge in [-0.1, -0.05) is 59.8 Å². The lowest BCUT2D eigenvalue weighted by Crippen LogP contribution is -2.20. The number of benzene rings is 3.